The van der Waals surface area contributed by atoms with Crippen LogP contribution in [0.1, 0.15) is 33.6 Å². The number of hydrogen-bond acceptors (Lipinski definition) is 4. The second-order valence-electron chi connectivity index (χ2n) is 7.02. The summed E-state index contributed by atoms with van der Waals surface area (Å²) in [6.45, 7) is 1.96. The van der Waals surface area contributed by atoms with Crippen molar-refractivity contribution in [1.29, 1.82) is 0 Å². The Hall–Kier alpha value is -2.54. The van der Waals surface area contributed by atoms with E-state index in [1.54, 1.807) is 44.6 Å². The van der Waals surface area contributed by atoms with Crippen molar-refractivity contribution < 1.29 is 19.1 Å². The van der Waals surface area contributed by atoms with Crippen LogP contribution in [-0.2, 0) is 0 Å². The van der Waals surface area contributed by atoms with Crippen molar-refractivity contribution in [2.24, 2.45) is 5.92 Å². The molecule has 154 valence electrons. The summed E-state index contributed by atoms with van der Waals surface area (Å²) in [6, 6.07) is 12.5. The molecule has 2 amide bonds. The molecule has 2 aromatic rings. The Balaban J connectivity index is 1.50. The van der Waals surface area contributed by atoms with Gasteiger partial charge in [0.2, 0.25) is 0 Å². The highest BCUT2D eigenvalue weighted by molar-refractivity contribution is 9.10. The number of carbonyl (C=O) groups is 2. The monoisotopic (exact) mass is 460 g/mol. The predicted molar refractivity (Wildman–Crippen MR) is 115 cm³/mol. The zero-order valence-electron chi connectivity index (χ0n) is 16.6. The van der Waals surface area contributed by atoms with Crippen LogP contribution in [0.5, 0.6) is 11.5 Å². The van der Waals surface area contributed by atoms with Gasteiger partial charge in [-0.2, -0.15) is 0 Å². The van der Waals surface area contributed by atoms with Gasteiger partial charge in [0, 0.05) is 35.2 Å². The molecule has 1 fully saturated rings. The Morgan fingerprint density at radius 2 is 1.62 bits per heavy atom. The summed E-state index contributed by atoms with van der Waals surface area (Å²) in [5.41, 5.74) is 1.24. The minimum Gasteiger partial charge on any atom is -0.493 e. The van der Waals surface area contributed by atoms with Gasteiger partial charge >= 0.3 is 0 Å². The fraction of sp³-hybridized carbons (Fsp3) is 0.364. The van der Waals surface area contributed by atoms with Crippen LogP contribution in [0.3, 0.4) is 0 Å². The molecule has 1 N–H and O–H groups in total. The molecular formula is C22H25BrN2O4. The molecular weight excluding hydrogens is 436 g/mol. The number of piperidine rings is 1. The summed E-state index contributed by atoms with van der Waals surface area (Å²) in [5.74, 6) is 1.43. The van der Waals surface area contributed by atoms with E-state index in [4.69, 9.17) is 9.47 Å². The minimum atomic E-state index is -0.0682. The summed E-state index contributed by atoms with van der Waals surface area (Å²) in [6.07, 6.45) is 1.72. The fourth-order valence-electron chi connectivity index (χ4n) is 3.43. The lowest BCUT2D eigenvalue weighted by molar-refractivity contribution is 0.0684. The number of halogens is 1. The van der Waals surface area contributed by atoms with Crippen molar-refractivity contribution >= 4 is 27.7 Å². The van der Waals surface area contributed by atoms with Gasteiger partial charge in [-0.25, -0.2) is 0 Å². The molecule has 7 heteroatoms. The van der Waals surface area contributed by atoms with E-state index in [2.05, 4.69) is 21.2 Å². The van der Waals surface area contributed by atoms with Gasteiger partial charge in [-0.3, -0.25) is 9.59 Å². The van der Waals surface area contributed by atoms with Gasteiger partial charge in [-0.1, -0.05) is 15.9 Å². The van der Waals surface area contributed by atoms with Gasteiger partial charge in [0.25, 0.3) is 11.8 Å². The number of nitrogens with one attached hydrogen (secondary N) is 1. The molecule has 0 aromatic heterocycles. The number of nitrogens with zero attached hydrogens (tertiary/aromatic N) is 1. The standard InChI is InChI=1S/C22H25BrN2O4/c1-28-19-8-5-17(13-20(19)29-2)22(27)25-11-9-15(10-12-25)14-24-21(26)16-3-6-18(23)7-4-16/h3-8,13,15H,9-12,14H2,1-2H3,(H,24,26). The summed E-state index contributed by atoms with van der Waals surface area (Å²) in [4.78, 5) is 26.9. The van der Waals surface area contributed by atoms with Gasteiger partial charge in [-0.15, -0.1) is 0 Å². The number of methoxy groups -OCH3 is 2. The largest absolute Gasteiger partial charge is 0.493 e. The van der Waals surface area contributed by atoms with Crippen molar-refractivity contribution in [3.63, 3.8) is 0 Å². The highest BCUT2D eigenvalue weighted by Crippen LogP contribution is 2.28. The molecule has 2 aromatic carbocycles. The maximum atomic E-state index is 12.8. The number of amides is 2. The minimum absolute atomic E-state index is 0.0108. The summed E-state index contributed by atoms with van der Waals surface area (Å²) in [7, 11) is 3.12. The molecule has 0 bridgehead atoms. The first-order valence-corrected chi connectivity index (χ1v) is 10.4. The molecule has 0 radical (unpaired) electrons. The number of benzene rings is 2. The average molecular weight is 461 g/mol. The van der Waals surface area contributed by atoms with Gasteiger partial charge in [0.15, 0.2) is 11.5 Å². The maximum absolute atomic E-state index is 12.8. The van der Waals surface area contributed by atoms with E-state index in [1.165, 1.54) is 0 Å². The van der Waals surface area contributed by atoms with Crippen LogP contribution in [-0.4, -0.2) is 50.6 Å². The molecule has 3 rings (SSSR count). The summed E-state index contributed by atoms with van der Waals surface area (Å²) in [5, 5.41) is 3.00. The highest BCUT2D eigenvalue weighted by Gasteiger charge is 2.24. The van der Waals surface area contributed by atoms with E-state index in [-0.39, 0.29) is 11.8 Å². The number of likely N-dealkylation sites (tertiary alicyclic amines) is 1. The zero-order chi connectivity index (χ0) is 20.8. The van der Waals surface area contributed by atoms with Crippen molar-refractivity contribution in [2.75, 3.05) is 33.9 Å². The van der Waals surface area contributed by atoms with Crippen LogP contribution in [0.15, 0.2) is 46.9 Å². The molecule has 1 aliphatic rings. The van der Waals surface area contributed by atoms with Crippen LogP contribution in [0.25, 0.3) is 0 Å². The predicted octanol–water partition coefficient (Wildman–Crippen LogP) is 3.75. The smallest absolute Gasteiger partial charge is 0.253 e. The number of hydrogen-bond donors (Lipinski definition) is 1. The van der Waals surface area contributed by atoms with Crippen LogP contribution in [0.4, 0.5) is 0 Å². The molecule has 0 spiro atoms. The van der Waals surface area contributed by atoms with Crippen LogP contribution >= 0.6 is 15.9 Å². The van der Waals surface area contributed by atoms with Crippen molar-refractivity contribution in [3.05, 3.63) is 58.1 Å². The third-order valence-electron chi connectivity index (χ3n) is 5.19. The Morgan fingerprint density at radius 3 is 2.24 bits per heavy atom. The van der Waals surface area contributed by atoms with Crippen molar-refractivity contribution in [3.8, 4) is 11.5 Å². The molecule has 1 heterocycles. The Bertz CT molecular complexity index is 862. The number of ether oxygens (including phenoxy) is 2. The Kier molecular flexibility index (Phi) is 7.14. The lowest BCUT2D eigenvalue weighted by Crippen LogP contribution is -2.41. The van der Waals surface area contributed by atoms with Gasteiger partial charge in [0.1, 0.15) is 0 Å². The van der Waals surface area contributed by atoms with Gasteiger partial charge in [0.05, 0.1) is 14.2 Å². The topological polar surface area (TPSA) is 67.9 Å². The summed E-state index contributed by atoms with van der Waals surface area (Å²) >= 11 is 3.37. The molecule has 0 unspecified atom stereocenters. The van der Waals surface area contributed by atoms with E-state index in [9.17, 15) is 9.59 Å². The molecule has 1 aliphatic heterocycles. The van der Waals surface area contributed by atoms with Crippen LogP contribution < -0.4 is 14.8 Å². The van der Waals surface area contributed by atoms with E-state index < -0.39 is 0 Å². The number of carbonyl (C=O) groups excluding carboxylic acids is 2. The molecule has 0 saturated carbocycles. The molecule has 1 saturated heterocycles. The van der Waals surface area contributed by atoms with Gasteiger partial charge in [-0.05, 0) is 61.2 Å². The molecule has 6 nitrogen and oxygen atoms in total. The lowest BCUT2D eigenvalue weighted by atomic mass is 9.96. The van der Waals surface area contributed by atoms with E-state index in [0.29, 0.717) is 48.2 Å². The van der Waals surface area contributed by atoms with E-state index in [1.807, 2.05) is 17.0 Å². The Morgan fingerprint density at radius 1 is 1.00 bits per heavy atom. The van der Waals surface area contributed by atoms with E-state index in [0.717, 1.165) is 17.3 Å². The van der Waals surface area contributed by atoms with Crippen molar-refractivity contribution in [1.82, 2.24) is 10.2 Å². The first-order chi connectivity index (χ1) is 14.0. The summed E-state index contributed by atoms with van der Waals surface area (Å²) < 4.78 is 11.5. The number of rotatable bonds is 6. The second kappa shape index (κ2) is 9.78. The zero-order valence-corrected chi connectivity index (χ0v) is 18.2. The third-order valence-corrected chi connectivity index (χ3v) is 5.72. The fourth-order valence-corrected chi connectivity index (χ4v) is 3.70. The third kappa shape index (κ3) is 5.29. The maximum Gasteiger partial charge on any atom is 0.253 e. The van der Waals surface area contributed by atoms with Crippen molar-refractivity contribution in [2.45, 2.75) is 12.8 Å². The first kappa shape index (κ1) is 21.2. The molecule has 0 aliphatic carbocycles. The normalized spacial score (nSPS) is 14.4. The van der Waals surface area contributed by atoms with Crippen LogP contribution in [0, 0.1) is 5.92 Å². The average Bonchev–Trinajstić information content (AvgIpc) is 2.77. The SMILES string of the molecule is COc1ccc(C(=O)N2CCC(CNC(=O)c3ccc(Br)cc3)CC2)cc1OC. The first-order valence-electron chi connectivity index (χ1n) is 9.57. The molecule has 0 atom stereocenters. The van der Waals surface area contributed by atoms with E-state index >= 15 is 0 Å². The Labute approximate surface area is 179 Å². The second-order valence-corrected chi connectivity index (χ2v) is 7.94. The quantitative estimate of drug-likeness (QED) is 0.712. The van der Waals surface area contributed by atoms with Crippen LogP contribution in [0.2, 0.25) is 0 Å². The van der Waals surface area contributed by atoms with Gasteiger partial charge < -0.3 is 19.7 Å². The molecule has 29 heavy (non-hydrogen) atoms. The lowest BCUT2D eigenvalue weighted by Gasteiger charge is -2.32. The highest BCUT2D eigenvalue weighted by atomic mass is 79.9.